The molecule has 3 heteroatoms. The van der Waals surface area contributed by atoms with E-state index in [0.717, 1.165) is 6.42 Å². The molecule has 0 fully saturated rings. The molecular weight excluding hydrogens is 775 g/mol. The van der Waals surface area contributed by atoms with Crippen molar-refractivity contribution < 1.29 is 46.1 Å². The smallest absolute Gasteiger partial charge is 1.00 e. The number of aryl methyl sites for hydroxylation is 1. The Hall–Kier alpha value is -2.31. The zero-order chi connectivity index (χ0) is 37.0. The van der Waals surface area contributed by atoms with E-state index in [-0.39, 0.29) is 35.6 Å². The number of allylic oxidation sites excluding steroid dienone is 4. The van der Waals surface area contributed by atoms with Crippen LogP contribution < -0.4 is 24.8 Å². The van der Waals surface area contributed by atoms with E-state index in [9.17, 15) is 0 Å². The molecule has 0 saturated carbocycles. The molecule has 54 heavy (non-hydrogen) atoms. The van der Waals surface area contributed by atoms with E-state index in [2.05, 4.69) is 159 Å². The summed E-state index contributed by atoms with van der Waals surface area (Å²) in [6.07, 6.45) is 20.1. The molecule has 2 aliphatic rings. The number of fused-ring (bicyclic) bond motifs is 3. The summed E-state index contributed by atoms with van der Waals surface area (Å²) >= 11 is -2.46. The molecule has 0 saturated heterocycles. The maximum atomic E-state index is 2.70. The molecule has 1 unspecified atom stereocenters. The van der Waals surface area contributed by atoms with Crippen LogP contribution in [0.25, 0.3) is 11.1 Å². The molecule has 0 aliphatic heterocycles. The van der Waals surface area contributed by atoms with Crippen LogP contribution in [0.5, 0.6) is 0 Å². The molecule has 286 valence electrons. The van der Waals surface area contributed by atoms with Gasteiger partial charge in [0, 0.05) is 0 Å². The minimum absolute atomic E-state index is 0. The molecule has 0 radical (unpaired) electrons. The minimum atomic E-state index is -2.46. The Morgan fingerprint density at radius 3 is 1.74 bits per heavy atom. The molecule has 0 bridgehead atoms. The first-order valence-corrected chi connectivity index (χ1v) is 24.4. The van der Waals surface area contributed by atoms with Crippen LogP contribution in [-0.2, 0) is 38.5 Å². The third-order valence-electron chi connectivity index (χ3n) is 12.6. The second-order valence-electron chi connectivity index (χ2n) is 16.8. The van der Waals surface area contributed by atoms with E-state index in [1.807, 2.05) is 6.49 Å². The van der Waals surface area contributed by atoms with Gasteiger partial charge in [0.05, 0.1) is 0 Å². The molecule has 2 aliphatic carbocycles. The summed E-state index contributed by atoms with van der Waals surface area (Å²) in [6, 6.07) is 30.5. The van der Waals surface area contributed by atoms with E-state index in [0.29, 0.717) is 3.63 Å². The van der Waals surface area contributed by atoms with Crippen molar-refractivity contribution in [3.05, 3.63) is 150 Å². The van der Waals surface area contributed by atoms with Gasteiger partial charge in [-0.25, -0.2) is 0 Å². The van der Waals surface area contributed by atoms with Crippen molar-refractivity contribution in [2.24, 2.45) is 0 Å². The van der Waals surface area contributed by atoms with Gasteiger partial charge in [0.1, 0.15) is 0 Å². The monoisotopic (exact) mass is 836 g/mol. The summed E-state index contributed by atoms with van der Waals surface area (Å²) in [6.45, 7) is 21.8. The van der Waals surface area contributed by atoms with Crippen molar-refractivity contribution in [2.75, 3.05) is 0 Å². The zero-order valence-corrected chi connectivity index (χ0v) is 38.6. The van der Waals surface area contributed by atoms with Crippen LogP contribution in [-0.4, -0.2) is 3.21 Å². The van der Waals surface area contributed by atoms with Crippen LogP contribution in [0.1, 0.15) is 160 Å². The Kier molecular flexibility index (Phi) is 15.8. The number of hydrogen-bond acceptors (Lipinski definition) is 0. The quantitative estimate of drug-likeness (QED) is 0.113. The van der Waals surface area contributed by atoms with Gasteiger partial charge in [-0.1, -0.05) is 0 Å². The Labute approximate surface area is 349 Å². The van der Waals surface area contributed by atoms with E-state index in [4.69, 9.17) is 0 Å². The maximum Gasteiger partial charge on any atom is -1.00 e. The molecule has 0 nitrogen and oxygen atoms in total. The van der Waals surface area contributed by atoms with Gasteiger partial charge in [0.2, 0.25) is 0 Å². The Morgan fingerprint density at radius 1 is 0.685 bits per heavy atom. The Bertz CT molecular complexity index is 1970. The first-order chi connectivity index (χ1) is 25.1. The molecule has 4 aromatic rings. The Balaban J connectivity index is 0.00000325. The molecule has 4 aromatic carbocycles. The van der Waals surface area contributed by atoms with Crippen molar-refractivity contribution in [1.82, 2.24) is 0 Å². The summed E-state index contributed by atoms with van der Waals surface area (Å²) < 4.78 is 4.35. The number of hydrogen-bond donors (Lipinski definition) is 0. The van der Waals surface area contributed by atoms with Crippen molar-refractivity contribution in [3.63, 3.8) is 0 Å². The fraction of sp³-hybridized carbons (Fsp3) is 0.431. The first kappa shape index (κ1) is 44.4. The normalized spacial score (nSPS) is 14.4. The molecule has 0 N–H and O–H groups in total. The van der Waals surface area contributed by atoms with Gasteiger partial charge in [-0.2, -0.15) is 0 Å². The maximum absolute atomic E-state index is 2.70. The minimum Gasteiger partial charge on any atom is -1.00 e. The summed E-state index contributed by atoms with van der Waals surface area (Å²) in [5, 5.41) is 0. The summed E-state index contributed by atoms with van der Waals surface area (Å²) in [5.41, 5.74) is 16.7. The largest absolute Gasteiger partial charge is 1.00 e. The molecule has 0 aromatic heterocycles. The number of benzene rings is 4. The van der Waals surface area contributed by atoms with Crippen LogP contribution in [0, 0.1) is 13.8 Å². The van der Waals surface area contributed by atoms with Crippen LogP contribution in [0.3, 0.4) is 0 Å². The van der Waals surface area contributed by atoms with Crippen LogP contribution in [0.15, 0.2) is 100 Å². The molecular formula is C51H64Cl2Zr. The SMILES string of the molecule is CCCC[C](CCCC)=[Zr+2]([C]1=CC=CC1)[CH]1c2cc(C)c(C(C)(C)c3ccccc3)cc2-c2cc(C(C)(C)c3ccccc3)c(C)c(CCCC)c21.[Cl-].[Cl-]. The third kappa shape index (κ3) is 8.65. The van der Waals surface area contributed by atoms with Crippen molar-refractivity contribution in [2.45, 2.75) is 141 Å². The Morgan fingerprint density at radius 2 is 1.22 bits per heavy atom. The number of rotatable bonds is 15. The first-order valence-electron chi connectivity index (χ1n) is 20.6. The zero-order valence-electron chi connectivity index (χ0n) is 34.6. The van der Waals surface area contributed by atoms with Gasteiger partial charge in [0.15, 0.2) is 0 Å². The van der Waals surface area contributed by atoms with Crippen LogP contribution >= 0.6 is 0 Å². The van der Waals surface area contributed by atoms with Gasteiger partial charge in [0.25, 0.3) is 0 Å². The van der Waals surface area contributed by atoms with E-state index >= 15 is 0 Å². The standard InChI is InChI=1S/C37H41.C9H18.C5H5.2ClH.Zr/c1-8-9-20-30-26(3)35(37(6,7)29-18-14-11-15-19-29)24-33-31-23-34(25(2)21-27(31)22-32(30)33)36(4,5)28-16-12-10-13-17-28;1-3-5-7-9-8-6-4-2;1-2-4-5-3-1;;;/h10-19,21-24H,8-9,20H2,1-7H3;3-8H2,1-2H3;1-3H,4H2;2*1H;/q;;;;;+2/p-2. The van der Waals surface area contributed by atoms with Crippen LogP contribution in [0.4, 0.5) is 0 Å². The summed E-state index contributed by atoms with van der Waals surface area (Å²) in [5.74, 6) is 0. The predicted molar refractivity (Wildman–Crippen MR) is 225 cm³/mol. The second kappa shape index (κ2) is 19.2. The van der Waals surface area contributed by atoms with Crippen LogP contribution in [0.2, 0.25) is 0 Å². The summed E-state index contributed by atoms with van der Waals surface area (Å²) in [7, 11) is 0. The predicted octanol–water partition coefficient (Wildman–Crippen LogP) is 8.39. The average Bonchev–Trinajstić information content (AvgIpc) is 3.79. The fourth-order valence-corrected chi connectivity index (χ4v) is 19.1. The molecule has 1 atom stereocenters. The average molecular weight is 839 g/mol. The third-order valence-corrected chi connectivity index (χ3v) is 21.2. The van der Waals surface area contributed by atoms with Gasteiger partial charge in [-0.05, 0) is 0 Å². The second-order valence-corrected chi connectivity index (χ2v) is 23.6. The molecule has 0 amide bonds. The summed E-state index contributed by atoms with van der Waals surface area (Å²) in [4.78, 5) is 0. The van der Waals surface area contributed by atoms with Gasteiger partial charge in [-0.15, -0.1) is 0 Å². The fourth-order valence-electron chi connectivity index (χ4n) is 9.52. The van der Waals surface area contributed by atoms with Crippen molar-refractivity contribution in [3.8, 4) is 11.1 Å². The van der Waals surface area contributed by atoms with Crippen molar-refractivity contribution in [1.29, 1.82) is 0 Å². The van der Waals surface area contributed by atoms with Gasteiger partial charge >= 0.3 is 327 Å². The van der Waals surface area contributed by atoms with E-state index < -0.39 is 21.3 Å². The van der Waals surface area contributed by atoms with E-state index in [1.54, 1.807) is 27.8 Å². The van der Waals surface area contributed by atoms with Gasteiger partial charge in [-0.3, -0.25) is 0 Å². The number of unbranched alkanes of at least 4 members (excludes halogenated alkanes) is 3. The van der Waals surface area contributed by atoms with Gasteiger partial charge < -0.3 is 24.8 Å². The number of halogens is 2. The molecule has 0 spiro atoms. The molecule has 6 rings (SSSR count). The van der Waals surface area contributed by atoms with E-state index in [1.165, 1.54) is 91.2 Å². The molecule has 0 heterocycles. The van der Waals surface area contributed by atoms with Crippen molar-refractivity contribution >= 4 is 3.21 Å². The topological polar surface area (TPSA) is 0 Å².